The molecule has 3 rings (SSSR count). The third kappa shape index (κ3) is 3.61. The number of nitro benzene ring substituents is 1. The number of rotatable bonds is 3. The highest BCUT2D eigenvalue weighted by atomic mass is 79.9. The largest absolute Gasteiger partial charge is 0.501 e. The molecule has 2 aromatic rings. The molecule has 10 heteroatoms. The smallest absolute Gasteiger partial charge is 0.312 e. The standard InChI is InChI=1S/C16H8BrClN2O4S2/c17-11-4-8(5-12(14(11)21)20(23)24)6-13-15(22)19(16(25)26-13)10-3-1-2-9(18)7-10/h1-7,21H/b13-6+. The number of amides is 1. The first-order valence-corrected chi connectivity index (χ1v) is 9.38. The van der Waals surface area contributed by atoms with Crippen LogP contribution in [0, 0.1) is 10.1 Å². The molecule has 0 spiro atoms. The zero-order valence-corrected chi connectivity index (χ0v) is 16.7. The van der Waals surface area contributed by atoms with Gasteiger partial charge in [-0.05, 0) is 51.8 Å². The molecular formula is C16H8BrClN2O4S2. The van der Waals surface area contributed by atoms with Gasteiger partial charge in [0.1, 0.15) is 0 Å². The van der Waals surface area contributed by atoms with E-state index in [1.165, 1.54) is 23.1 Å². The second-order valence-electron chi connectivity index (χ2n) is 5.12. The van der Waals surface area contributed by atoms with E-state index in [9.17, 15) is 20.0 Å². The molecule has 0 atom stereocenters. The minimum Gasteiger partial charge on any atom is -0.501 e. The minimum absolute atomic E-state index is 0.156. The zero-order chi connectivity index (χ0) is 19.0. The molecule has 0 bridgehead atoms. The van der Waals surface area contributed by atoms with E-state index in [-0.39, 0.29) is 10.4 Å². The summed E-state index contributed by atoms with van der Waals surface area (Å²) in [5.74, 6) is -0.826. The molecule has 2 aromatic carbocycles. The van der Waals surface area contributed by atoms with Gasteiger partial charge in [0.15, 0.2) is 4.32 Å². The van der Waals surface area contributed by atoms with E-state index in [2.05, 4.69) is 15.9 Å². The summed E-state index contributed by atoms with van der Waals surface area (Å²) >= 11 is 15.4. The minimum atomic E-state index is -0.700. The SMILES string of the molecule is O=C1/C(=C\c2cc(Br)c(O)c([N+](=O)[O-])c2)SC(=S)N1c1cccc(Cl)c1. The average Bonchev–Trinajstić information content (AvgIpc) is 2.84. The van der Waals surface area contributed by atoms with Crippen molar-refractivity contribution < 1.29 is 14.8 Å². The Hall–Kier alpha value is -1.94. The van der Waals surface area contributed by atoms with Crippen LogP contribution in [0.2, 0.25) is 5.02 Å². The van der Waals surface area contributed by atoms with Crippen molar-refractivity contribution in [2.75, 3.05) is 4.90 Å². The molecule has 132 valence electrons. The van der Waals surface area contributed by atoms with Gasteiger partial charge in [0.25, 0.3) is 5.91 Å². The molecule has 1 fully saturated rings. The summed E-state index contributed by atoms with van der Waals surface area (Å²) < 4.78 is 0.485. The fourth-order valence-electron chi connectivity index (χ4n) is 2.28. The van der Waals surface area contributed by atoms with Gasteiger partial charge >= 0.3 is 5.69 Å². The first kappa shape index (κ1) is 18.8. The second-order valence-corrected chi connectivity index (χ2v) is 8.09. The Bertz CT molecular complexity index is 996. The molecule has 6 nitrogen and oxygen atoms in total. The first-order chi connectivity index (χ1) is 12.3. The zero-order valence-electron chi connectivity index (χ0n) is 12.7. The van der Waals surface area contributed by atoms with E-state index >= 15 is 0 Å². The maximum absolute atomic E-state index is 12.7. The van der Waals surface area contributed by atoms with Crippen LogP contribution in [0.15, 0.2) is 45.8 Å². The maximum Gasteiger partial charge on any atom is 0.312 e. The number of hydrogen-bond donors (Lipinski definition) is 1. The molecule has 0 saturated carbocycles. The van der Waals surface area contributed by atoms with Crippen molar-refractivity contribution in [1.29, 1.82) is 0 Å². The second kappa shape index (κ2) is 7.36. The van der Waals surface area contributed by atoms with Crippen LogP contribution >= 0.6 is 51.5 Å². The molecule has 1 aliphatic heterocycles. The van der Waals surface area contributed by atoms with E-state index < -0.39 is 16.4 Å². The van der Waals surface area contributed by atoms with Crippen molar-refractivity contribution in [3.05, 3.63) is 66.5 Å². The highest BCUT2D eigenvalue weighted by Crippen LogP contribution is 2.39. The van der Waals surface area contributed by atoms with Crippen LogP contribution in [0.3, 0.4) is 0 Å². The lowest BCUT2D eigenvalue weighted by molar-refractivity contribution is -0.386. The van der Waals surface area contributed by atoms with Crippen LogP contribution in [-0.4, -0.2) is 20.3 Å². The third-order valence-electron chi connectivity index (χ3n) is 3.42. The van der Waals surface area contributed by atoms with E-state index in [0.717, 1.165) is 11.8 Å². The Kier molecular flexibility index (Phi) is 5.33. The van der Waals surface area contributed by atoms with Crippen molar-refractivity contribution in [3.63, 3.8) is 0 Å². The molecule has 1 aliphatic rings. The fourth-order valence-corrected chi connectivity index (χ4v) is 4.24. The Labute approximate surface area is 170 Å². The Balaban J connectivity index is 2.00. The average molecular weight is 472 g/mol. The van der Waals surface area contributed by atoms with E-state index in [0.29, 0.717) is 25.5 Å². The number of thioether (sulfide) groups is 1. The number of carbonyl (C=O) groups excluding carboxylic acids is 1. The van der Waals surface area contributed by atoms with Crippen molar-refractivity contribution in [2.24, 2.45) is 0 Å². The van der Waals surface area contributed by atoms with Crippen LogP contribution in [0.5, 0.6) is 5.75 Å². The van der Waals surface area contributed by atoms with Crippen LogP contribution in [0.1, 0.15) is 5.56 Å². The predicted molar refractivity (Wildman–Crippen MR) is 110 cm³/mol. The molecule has 0 aliphatic carbocycles. The first-order valence-electron chi connectivity index (χ1n) is 6.98. The van der Waals surface area contributed by atoms with Crippen molar-refractivity contribution in [1.82, 2.24) is 0 Å². The van der Waals surface area contributed by atoms with Gasteiger partial charge in [-0.2, -0.15) is 0 Å². The molecule has 0 unspecified atom stereocenters. The lowest BCUT2D eigenvalue weighted by atomic mass is 10.1. The highest BCUT2D eigenvalue weighted by Gasteiger charge is 2.33. The van der Waals surface area contributed by atoms with Gasteiger partial charge in [0.2, 0.25) is 5.75 Å². The molecule has 1 amide bonds. The summed E-state index contributed by atoms with van der Waals surface area (Å²) in [6.45, 7) is 0. The number of benzene rings is 2. The number of halogens is 2. The normalized spacial score (nSPS) is 15.8. The van der Waals surface area contributed by atoms with Crippen LogP contribution in [0.4, 0.5) is 11.4 Å². The number of phenols is 1. The van der Waals surface area contributed by atoms with Crippen molar-refractivity contribution >= 4 is 79.2 Å². The number of nitrogens with zero attached hydrogens (tertiary/aromatic N) is 2. The number of thiocarbonyl (C=S) groups is 1. The molecule has 1 heterocycles. The number of nitro groups is 1. The van der Waals surface area contributed by atoms with Gasteiger partial charge in [-0.1, -0.05) is 41.6 Å². The Morgan fingerprint density at radius 3 is 2.73 bits per heavy atom. The fraction of sp³-hybridized carbons (Fsp3) is 0. The molecule has 0 radical (unpaired) electrons. The van der Waals surface area contributed by atoms with Crippen LogP contribution in [-0.2, 0) is 4.79 Å². The number of aromatic hydroxyl groups is 1. The molecule has 26 heavy (non-hydrogen) atoms. The van der Waals surface area contributed by atoms with Gasteiger partial charge in [-0.25, -0.2) is 0 Å². The van der Waals surface area contributed by atoms with Gasteiger partial charge in [-0.3, -0.25) is 19.8 Å². The van der Waals surface area contributed by atoms with E-state index in [4.69, 9.17) is 23.8 Å². The van der Waals surface area contributed by atoms with E-state index in [1.54, 1.807) is 24.3 Å². The highest BCUT2D eigenvalue weighted by molar-refractivity contribution is 9.10. The monoisotopic (exact) mass is 470 g/mol. The summed E-state index contributed by atoms with van der Waals surface area (Å²) in [4.78, 5) is 24.7. The van der Waals surface area contributed by atoms with Gasteiger partial charge in [0, 0.05) is 11.1 Å². The number of phenolic OH excluding ortho intramolecular Hbond substituents is 1. The topological polar surface area (TPSA) is 83.7 Å². The summed E-state index contributed by atoms with van der Waals surface area (Å²) in [6, 6.07) is 9.39. The summed E-state index contributed by atoms with van der Waals surface area (Å²) in [7, 11) is 0. The lowest BCUT2D eigenvalue weighted by Crippen LogP contribution is -2.27. The van der Waals surface area contributed by atoms with Crippen LogP contribution in [0.25, 0.3) is 6.08 Å². The summed E-state index contributed by atoms with van der Waals surface area (Å²) in [5.41, 5.74) is 0.463. The predicted octanol–water partition coefficient (Wildman–Crippen LogP) is 5.12. The van der Waals surface area contributed by atoms with Gasteiger partial charge < -0.3 is 5.11 Å². The number of hydrogen-bond acceptors (Lipinski definition) is 6. The molecule has 1 saturated heterocycles. The number of carbonyl (C=O) groups is 1. The molecule has 0 aromatic heterocycles. The van der Waals surface area contributed by atoms with Gasteiger partial charge in [-0.15, -0.1) is 0 Å². The van der Waals surface area contributed by atoms with Crippen LogP contribution < -0.4 is 4.90 Å². The maximum atomic E-state index is 12.7. The van der Waals surface area contributed by atoms with Gasteiger partial charge in [0.05, 0.1) is 20.0 Å². The quantitative estimate of drug-likeness (QED) is 0.289. The summed E-state index contributed by atoms with van der Waals surface area (Å²) in [6.07, 6.45) is 1.49. The van der Waals surface area contributed by atoms with E-state index in [1.807, 2.05) is 0 Å². The Morgan fingerprint density at radius 1 is 1.35 bits per heavy atom. The Morgan fingerprint density at radius 2 is 2.08 bits per heavy atom. The molecule has 1 N–H and O–H groups in total. The van der Waals surface area contributed by atoms with Crippen molar-refractivity contribution in [2.45, 2.75) is 0 Å². The third-order valence-corrected chi connectivity index (χ3v) is 5.56. The lowest BCUT2D eigenvalue weighted by Gasteiger charge is -2.14. The number of anilines is 1. The van der Waals surface area contributed by atoms with Crippen molar-refractivity contribution in [3.8, 4) is 5.75 Å². The summed E-state index contributed by atoms with van der Waals surface area (Å²) in [5, 5.41) is 21.3. The molecular weight excluding hydrogens is 464 g/mol.